The number of halogens is 2. The van der Waals surface area contributed by atoms with Crippen LogP contribution in [0, 0.1) is 13.8 Å². The monoisotopic (exact) mass is 540 g/mol. The van der Waals surface area contributed by atoms with Gasteiger partial charge in [0.25, 0.3) is 5.91 Å². The van der Waals surface area contributed by atoms with Crippen molar-refractivity contribution in [2.75, 3.05) is 6.61 Å². The summed E-state index contributed by atoms with van der Waals surface area (Å²) < 4.78 is 5.90. The molecule has 0 aliphatic rings. The largest absolute Gasteiger partial charge is 0.484 e. The van der Waals surface area contributed by atoms with Gasteiger partial charge in [-0.25, -0.2) is 0 Å². The fraction of sp³-hybridized carbons (Fsp3) is 0.333. The van der Waals surface area contributed by atoms with Crippen LogP contribution >= 0.6 is 23.2 Å². The molecule has 0 fully saturated rings. The van der Waals surface area contributed by atoms with Gasteiger partial charge in [0.15, 0.2) is 6.61 Å². The van der Waals surface area contributed by atoms with Gasteiger partial charge in [0.05, 0.1) is 0 Å². The highest BCUT2D eigenvalue weighted by molar-refractivity contribution is 6.32. The molecule has 3 aromatic carbocycles. The summed E-state index contributed by atoms with van der Waals surface area (Å²) in [4.78, 5) is 28.8. The highest BCUT2D eigenvalue weighted by Gasteiger charge is 2.31. The first-order valence-electron chi connectivity index (χ1n) is 12.5. The third kappa shape index (κ3) is 7.98. The molecule has 0 aromatic heterocycles. The number of nitrogens with one attached hydrogen (secondary N) is 1. The van der Waals surface area contributed by atoms with Crippen LogP contribution in [-0.4, -0.2) is 35.4 Å². The number of aryl methyl sites for hydroxylation is 2. The molecule has 5 nitrogen and oxygen atoms in total. The maximum Gasteiger partial charge on any atom is 0.261 e. The number of nitrogens with zero attached hydrogens (tertiary/aromatic N) is 1. The molecule has 0 saturated heterocycles. The number of ether oxygens (including phenoxy) is 1. The Kier molecular flexibility index (Phi) is 10.4. The van der Waals surface area contributed by atoms with Crippen LogP contribution in [0.3, 0.4) is 0 Å². The Labute approximate surface area is 229 Å². The van der Waals surface area contributed by atoms with Gasteiger partial charge in [-0.3, -0.25) is 9.59 Å². The third-order valence-corrected chi connectivity index (χ3v) is 7.31. The van der Waals surface area contributed by atoms with E-state index >= 15 is 0 Å². The Hall–Kier alpha value is -3.02. The lowest BCUT2D eigenvalue weighted by molar-refractivity contribution is -0.143. The van der Waals surface area contributed by atoms with Gasteiger partial charge in [-0.2, -0.15) is 0 Å². The Morgan fingerprint density at radius 3 is 2.22 bits per heavy atom. The van der Waals surface area contributed by atoms with E-state index in [0.29, 0.717) is 22.2 Å². The standard InChI is InChI=1S/C30H34Cl2N2O3/c1-5-22(4)33-30(36)27(17-23-11-7-6-8-12-23)34(18-24-13-9-10-14-26(24)31)28(35)19-37-25-15-20(2)29(32)21(3)16-25/h6-16,22,27H,5,17-19H2,1-4H3,(H,33,36)/t22-,27-/m0/s1. The molecule has 0 heterocycles. The maximum absolute atomic E-state index is 13.7. The molecule has 0 aliphatic carbocycles. The lowest BCUT2D eigenvalue weighted by Gasteiger charge is -2.32. The molecule has 196 valence electrons. The van der Waals surface area contributed by atoms with E-state index in [1.807, 2.05) is 76.2 Å². The molecule has 0 radical (unpaired) electrons. The SMILES string of the molecule is CC[C@H](C)NC(=O)[C@H](Cc1ccccc1)N(Cc1ccccc1Cl)C(=O)COc1cc(C)c(Cl)c(C)c1. The summed E-state index contributed by atoms with van der Waals surface area (Å²) in [6.45, 7) is 7.68. The highest BCUT2D eigenvalue weighted by atomic mass is 35.5. The average molecular weight is 542 g/mol. The number of carbonyl (C=O) groups excluding carboxylic acids is 2. The van der Waals surface area contributed by atoms with Crippen LogP contribution in [0.15, 0.2) is 66.7 Å². The summed E-state index contributed by atoms with van der Waals surface area (Å²) in [6.07, 6.45) is 1.14. The van der Waals surface area contributed by atoms with Crippen LogP contribution in [0.2, 0.25) is 10.0 Å². The molecular weight excluding hydrogens is 507 g/mol. The second kappa shape index (κ2) is 13.5. The van der Waals surface area contributed by atoms with Crippen molar-refractivity contribution in [1.82, 2.24) is 10.2 Å². The van der Waals surface area contributed by atoms with Gasteiger partial charge < -0.3 is 15.0 Å². The zero-order chi connectivity index (χ0) is 26.9. The van der Waals surface area contributed by atoms with Crippen molar-refractivity contribution < 1.29 is 14.3 Å². The minimum atomic E-state index is -0.752. The lowest BCUT2D eigenvalue weighted by atomic mass is 10.0. The summed E-state index contributed by atoms with van der Waals surface area (Å²) in [5.74, 6) is 0.0244. The summed E-state index contributed by atoms with van der Waals surface area (Å²) in [5.41, 5.74) is 3.44. The van der Waals surface area contributed by atoms with E-state index in [-0.39, 0.29) is 31.0 Å². The Bertz CT molecular complexity index is 1190. The second-order valence-electron chi connectivity index (χ2n) is 9.30. The van der Waals surface area contributed by atoms with E-state index in [4.69, 9.17) is 27.9 Å². The first-order chi connectivity index (χ1) is 17.7. The lowest BCUT2D eigenvalue weighted by Crippen LogP contribution is -2.53. The summed E-state index contributed by atoms with van der Waals surface area (Å²) in [7, 11) is 0. The number of rotatable bonds is 11. The number of hydrogen-bond acceptors (Lipinski definition) is 3. The summed E-state index contributed by atoms with van der Waals surface area (Å²) in [6, 6.07) is 19.9. The van der Waals surface area contributed by atoms with Crippen LogP contribution in [0.4, 0.5) is 0 Å². The van der Waals surface area contributed by atoms with Gasteiger partial charge in [0, 0.05) is 29.1 Å². The number of carbonyl (C=O) groups is 2. The molecule has 0 saturated carbocycles. The molecule has 3 aromatic rings. The minimum absolute atomic E-state index is 0.0284. The first-order valence-corrected chi connectivity index (χ1v) is 13.2. The van der Waals surface area contributed by atoms with E-state index in [1.54, 1.807) is 23.1 Å². The third-order valence-electron chi connectivity index (χ3n) is 6.34. The predicted molar refractivity (Wildman–Crippen MR) is 150 cm³/mol. The molecule has 2 atom stereocenters. The molecule has 0 spiro atoms. The van der Waals surface area contributed by atoms with E-state index in [0.717, 1.165) is 28.7 Å². The molecule has 0 bridgehead atoms. The molecule has 0 unspecified atom stereocenters. The van der Waals surface area contributed by atoms with Crippen LogP contribution in [0.25, 0.3) is 0 Å². The molecular formula is C30H34Cl2N2O3. The van der Waals surface area contributed by atoms with Gasteiger partial charge >= 0.3 is 0 Å². The van der Waals surface area contributed by atoms with Crippen molar-refractivity contribution in [2.24, 2.45) is 0 Å². The predicted octanol–water partition coefficient (Wildman–Crippen LogP) is 6.54. The van der Waals surface area contributed by atoms with Crippen molar-refractivity contribution in [3.8, 4) is 5.75 Å². The van der Waals surface area contributed by atoms with Gasteiger partial charge in [-0.1, -0.05) is 78.7 Å². The van der Waals surface area contributed by atoms with Crippen LogP contribution in [0.1, 0.15) is 42.5 Å². The van der Waals surface area contributed by atoms with Gasteiger partial charge in [-0.05, 0) is 67.6 Å². The second-order valence-corrected chi connectivity index (χ2v) is 10.1. The van der Waals surface area contributed by atoms with Crippen LogP contribution in [0.5, 0.6) is 5.75 Å². The van der Waals surface area contributed by atoms with Crippen molar-refractivity contribution >= 4 is 35.0 Å². The van der Waals surface area contributed by atoms with Gasteiger partial charge in [-0.15, -0.1) is 0 Å². The van der Waals surface area contributed by atoms with Crippen molar-refractivity contribution in [3.63, 3.8) is 0 Å². The fourth-order valence-corrected chi connectivity index (χ4v) is 4.33. The minimum Gasteiger partial charge on any atom is -0.484 e. The van der Waals surface area contributed by atoms with E-state index in [9.17, 15) is 9.59 Å². The molecule has 0 aliphatic heterocycles. The zero-order valence-corrected chi connectivity index (χ0v) is 23.3. The Morgan fingerprint density at radius 1 is 0.973 bits per heavy atom. The Balaban J connectivity index is 1.94. The molecule has 37 heavy (non-hydrogen) atoms. The van der Waals surface area contributed by atoms with Crippen molar-refractivity contribution in [1.29, 1.82) is 0 Å². The summed E-state index contributed by atoms with van der Waals surface area (Å²) in [5, 5.41) is 4.26. The van der Waals surface area contributed by atoms with Crippen LogP contribution in [-0.2, 0) is 22.6 Å². The average Bonchev–Trinajstić information content (AvgIpc) is 2.89. The Morgan fingerprint density at radius 2 is 1.59 bits per heavy atom. The van der Waals surface area contributed by atoms with Gasteiger partial charge in [0.2, 0.25) is 5.91 Å². The smallest absolute Gasteiger partial charge is 0.261 e. The molecule has 1 N–H and O–H groups in total. The van der Waals surface area contributed by atoms with Crippen molar-refractivity contribution in [2.45, 2.75) is 59.2 Å². The van der Waals surface area contributed by atoms with E-state index in [1.165, 1.54) is 0 Å². The van der Waals surface area contributed by atoms with E-state index in [2.05, 4.69) is 5.32 Å². The van der Waals surface area contributed by atoms with E-state index < -0.39 is 6.04 Å². The fourth-order valence-electron chi connectivity index (χ4n) is 4.02. The summed E-state index contributed by atoms with van der Waals surface area (Å²) >= 11 is 12.8. The first kappa shape index (κ1) is 28.5. The quantitative estimate of drug-likeness (QED) is 0.300. The highest BCUT2D eigenvalue weighted by Crippen LogP contribution is 2.26. The maximum atomic E-state index is 13.7. The topological polar surface area (TPSA) is 58.6 Å². The molecule has 2 amide bonds. The van der Waals surface area contributed by atoms with Gasteiger partial charge in [0.1, 0.15) is 11.8 Å². The number of hydrogen-bond donors (Lipinski definition) is 1. The molecule has 3 rings (SSSR count). The number of benzene rings is 3. The molecule has 7 heteroatoms. The van der Waals surface area contributed by atoms with Crippen LogP contribution < -0.4 is 10.1 Å². The zero-order valence-electron chi connectivity index (χ0n) is 21.8. The normalized spacial score (nSPS) is 12.5. The number of amides is 2. The van der Waals surface area contributed by atoms with Crippen molar-refractivity contribution in [3.05, 3.63) is 99.0 Å².